The van der Waals surface area contributed by atoms with Crippen LogP contribution in [0.15, 0.2) is 0 Å². The molecule has 2 nitrogen and oxygen atoms in total. The van der Waals surface area contributed by atoms with E-state index in [1.165, 1.54) is 19.3 Å². The Labute approximate surface area is 102 Å². The molecule has 0 radical (unpaired) electrons. The SMILES string of the molecule is CC(CNCCCC(F)(F)F)N1CCCCC1. The number of halogens is 3. The largest absolute Gasteiger partial charge is 0.389 e. The molecule has 1 atom stereocenters. The Morgan fingerprint density at radius 3 is 2.41 bits per heavy atom. The summed E-state index contributed by atoms with van der Waals surface area (Å²) in [6.07, 6.45) is -0.715. The zero-order valence-electron chi connectivity index (χ0n) is 10.5. The molecule has 0 aromatic rings. The lowest BCUT2D eigenvalue weighted by Crippen LogP contribution is -2.43. The van der Waals surface area contributed by atoms with E-state index in [0.29, 0.717) is 12.6 Å². The molecule has 1 aliphatic heterocycles. The number of alkyl halides is 3. The van der Waals surface area contributed by atoms with E-state index in [2.05, 4.69) is 17.1 Å². The molecule has 102 valence electrons. The van der Waals surface area contributed by atoms with Crippen molar-refractivity contribution in [2.24, 2.45) is 0 Å². The van der Waals surface area contributed by atoms with Gasteiger partial charge in [0.25, 0.3) is 0 Å². The van der Waals surface area contributed by atoms with E-state index < -0.39 is 12.6 Å². The second-order valence-electron chi connectivity index (χ2n) is 4.87. The maximum absolute atomic E-state index is 11.9. The summed E-state index contributed by atoms with van der Waals surface area (Å²) in [5.41, 5.74) is 0. The van der Waals surface area contributed by atoms with Crippen LogP contribution in [0.25, 0.3) is 0 Å². The van der Waals surface area contributed by atoms with Gasteiger partial charge in [-0.15, -0.1) is 0 Å². The van der Waals surface area contributed by atoms with Gasteiger partial charge in [-0.2, -0.15) is 13.2 Å². The summed E-state index contributed by atoms with van der Waals surface area (Å²) in [6.45, 7) is 5.65. The molecule has 1 heterocycles. The molecule has 5 heteroatoms. The normalized spacial score (nSPS) is 20.5. The fraction of sp³-hybridized carbons (Fsp3) is 1.00. The van der Waals surface area contributed by atoms with Crippen molar-refractivity contribution in [3.8, 4) is 0 Å². The Balaban J connectivity index is 2.01. The lowest BCUT2D eigenvalue weighted by atomic mass is 10.1. The van der Waals surface area contributed by atoms with Crippen LogP contribution in [0.1, 0.15) is 39.0 Å². The maximum Gasteiger partial charge on any atom is 0.389 e. The molecule has 0 saturated carbocycles. The van der Waals surface area contributed by atoms with Gasteiger partial charge in [0.1, 0.15) is 0 Å². The molecular formula is C12H23F3N2. The van der Waals surface area contributed by atoms with Gasteiger partial charge in [0.05, 0.1) is 0 Å². The van der Waals surface area contributed by atoms with Gasteiger partial charge >= 0.3 is 6.18 Å². The number of piperidine rings is 1. The van der Waals surface area contributed by atoms with Gasteiger partial charge in [0.15, 0.2) is 0 Å². The monoisotopic (exact) mass is 252 g/mol. The minimum Gasteiger partial charge on any atom is -0.315 e. The Kier molecular flexibility index (Phi) is 6.27. The van der Waals surface area contributed by atoms with Gasteiger partial charge in [-0.25, -0.2) is 0 Å². The zero-order valence-corrected chi connectivity index (χ0v) is 10.5. The summed E-state index contributed by atoms with van der Waals surface area (Å²) in [5.74, 6) is 0. The van der Waals surface area contributed by atoms with Crippen LogP contribution in [0.2, 0.25) is 0 Å². The minimum atomic E-state index is -4.01. The molecule has 0 amide bonds. The van der Waals surface area contributed by atoms with Crippen LogP contribution in [-0.2, 0) is 0 Å². The highest BCUT2D eigenvalue weighted by molar-refractivity contribution is 4.73. The molecule has 0 aliphatic carbocycles. The van der Waals surface area contributed by atoms with Crippen molar-refractivity contribution in [3.63, 3.8) is 0 Å². The van der Waals surface area contributed by atoms with Crippen molar-refractivity contribution in [3.05, 3.63) is 0 Å². The smallest absolute Gasteiger partial charge is 0.315 e. The van der Waals surface area contributed by atoms with Crippen LogP contribution in [0.4, 0.5) is 13.2 Å². The Bertz CT molecular complexity index is 200. The van der Waals surface area contributed by atoms with Crippen LogP contribution in [0.5, 0.6) is 0 Å². The molecule has 1 N–H and O–H groups in total. The topological polar surface area (TPSA) is 15.3 Å². The lowest BCUT2D eigenvalue weighted by molar-refractivity contribution is -0.135. The van der Waals surface area contributed by atoms with E-state index in [9.17, 15) is 13.2 Å². The number of rotatable bonds is 6. The Morgan fingerprint density at radius 2 is 1.82 bits per heavy atom. The standard InChI is InChI=1S/C12H23F3N2/c1-11(17-8-3-2-4-9-17)10-16-7-5-6-12(13,14)15/h11,16H,2-10H2,1H3. The van der Waals surface area contributed by atoms with Crippen molar-refractivity contribution in [1.29, 1.82) is 0 Å². The van der Waals surface area contributed by atoms with Crippen LogP contribution in [-0.4, -0.2) is 43.3 Å². The van der Waals surface area contributed by atoms with Gasteiger partial charge in [0.2, 0.25) is 0 Å². The third kappa shape index (κ3) is 6.88. The van der Waals surface area contributed by atoms with Crippen molar-refractivity contribution in [1.82, 2.24) is 10.2 Å². The highest BCUT2D eigenvalue weighted by Crippen LogP contribution is 2.20. The predicted molar refractivity (Wildman–Crippen MR) is 63.0 cm³/mol. The average molecular weight is 252 g/mol. The maximum atomic E-state index is 11.9. The summed E-state index contributed by atoms with van der Waals surface area (Å²) in [6, 6.07) is 0.432. The zero-order chi connectivity index (χ0) is 12.7. The van der Waals surface area contributed by atoms with E-state index in [0.717, 1.165) is 19.6 Å². The van der Waals surface area contributed by atoms with Crippen molar-refractivity contribution in [2.75, 3.05) is 26.2 Å². The molecule has 1 saturated heterocycles. The highest BCUT2D eigenvalue weighted by Gasteiger charge is 2.25. The van der Waals surface area contributed by atoms with E-state index in [1.807, 2.05) is 0 Å². The number of nitrogens with zero attached hydrogens (tertiary/aromatic N) is 1. The summed E-state index contributed by atoms with van der Waals surface area (Å²) in [7, 11) is 0. The Hall–Kier alpha value is -0.290. The minimum absolute atomic E-state index is 0.177. The van der Waals surface area contributed by atoms with Crippen LogP contribution < -0.4 is 5.32 Å². The van der Waals surface area contributed by atoms with Crippen molar-refractivity contribution in [2.45, 2.75) is 51.2 Å². The third-order valence-electron chi connectivity index (χ3n) is 3.27. The van der Waals surface area contributed by atoms with Gasteiger partial charge in [-0.05, 0) is 45.8 Å². The molecule has 1 fully saturated rings. The van der Waals surface area contributed by atoms with Gasteiger partial charge in [-0.1, -0.05) is 6.42 Å². The van der Waals surface area contributed by atoms with E-state index in [-0.39, 0.29) is 6.42 Å². The van der Waals surface area contributed by atoms with Crippen molar-refractivity contribution < 1.29 is 13.2 Å². The first-order valence-electron chi connectivity index (χ1n) is 6.50. The molecule has 17 heavy (non-hydrogen) atoms. The number of likely N-dealkylation sites (tertiary alicyclic amines) is 1. The summed E-state index contributed by atoms with van der Waals surface area (Å²) in [5, 5.41) is 3.11. The quantitative estimate of drug-likeness (QED) is 0.731. The van der Waals surface area contributed by atoms with Gasteiger partial charge in [0, 0.05) is 19.0 Å². The fourth-order valence-corrected chi connectivity index (χ4v) is 2.21. The molecule has 1 aliphatic rings. The van der Waals surface area contributed by atoms with E-state index in [4.69, 9.17) is 0 Å². The predicted octanol–water partition coefficient (Wildman–Crippen LogP) is 2.79. The molecule has 0 bridgehead atoms. The molecule has 1 rings (SSSR count). The lowest BCUT2D eigenvalue weighted by Gasteiger charge is -2.32. The number of hydrogen-bond acceptors (Lipinski definition) is 2. The van der Waals surface area contributed by atoms with Crippen LogP contribution >= 0.6 is 0 Å². The summed E-state index contributed by atoms with van der Waals surface area (Å²) < 4.78 is 35.7. The van der Waals surface area contributed by atoms with E-state index in [1.54, 1.807) is 0 Å². The summed E-state index contributed by atoms with van der Waals surface area (Å²) >= 11 is 0. The second-order valence-corrected chi connectivity index (χ2v) is 4.87. The van der Waals surface area contributed by atoms with Crippen LogP contribution in [0.3, 0.4) is 0 Å². The first-order chi connectivity index (χ1) is 7.99. The molecule has 0 spiro atoms. The van der Waals surface area contributed by atoms with Crippen LogP contribution in [0, 0.1) is 0 Å². The average Bonchev–Trinajstić information content (AvgIpc) is 2.28. The molecule has 0 aromatic carbocycles. The second kappa shape index (κ2) is 7.21. The Morgan fingerprint density at radius 1 is 1.18 bits per heavy atom. The van der Waals surface area contributed by atoms with Gasteiger partial charge < -0.3 is 5.32 Å². The first kappa shape index (κ1) is 14.8. The first-order valence-corrected chi connectivity index (χ1v) is 6.50. The van der Waals surface area contributed by atoms with Gasteiger partial charge in [-0.3, -0.25) is 4.90 Å². The van der Waals surface area contributed by atoms with E-state index >= 15 is 0 Å². The molecular weight excluding hydrogens is 229 g/mol. The number of nitrogens with one attached hydrogen (secondary N) is 1. The fourth-order valence-electron chi connectivity index (χ4n) is 2.21. The third-order valence-corrected chi connectivity index (χ3v) is 3.27. The molecule has 1 unspecified atom stereocenters. The molecule has 0 aromatic heterocycles. The number of hydrogen-bond donors (Lipinski definition) is 1. The van der Waals surface area contributed by atoms with Crippen molar-refractivity contribution >= 4 is 0 Å². The summed E-state index contributed by atoms with van der Waals surface area (Å²) in [4.78, 5) is 2.42. The highest BCUT2D eigenvalue weighted by atomic mass is 19.4.